The highest BCUT2D eigenvalue weighted by Crippen LogP contribution is 2.23. The first-order chi connectivity index (χ1) is 15.3. The van der Waals surface area contributed by atoms with Gasteiger partial charge < -0.3 is 20.1 Å². The van der Waals surface area contributed by atoms with Gasteiger partial charge in [-0.15, -0.1) is 0 Å². The molecule has 0 unspecified atom stereocenters. The average Bonchev–Trinajstić information content (AvgIpc) is 3.28. The van der Waals surface area contributed by atoms with E-state index < -0.39 is 28.1 Å². The fourth-order valence-electron chi connectivity index (χ4n) is 3.14. The van der Waals surface area contributed by atoms with Crippen molar-refractivity contribution in [2.24, 2.45) is 0 Å². The normalized spacial score (nSPS) is 16.5. The second-order valence-electron chi connectivity index (χ2n) is 6.96. The zero-order valence-electron chi connectivity index (χ0n) is 17.4. The Morgan fingerprint density at radius 1 is 1.09 bits per heavy atom. The quantitative estimate of drug-likeness (QED) is 0.547. The van der Waals surface area contributed by atoms with Gasteiger partial charge in [0.05, 0.1) is 25.2 Å². The highest BCUT2D eigenvalue weighted by Gasteiger charge is 2.36. The molecule has 11 heteroatoms. The van der Waals surface area contributed by atoms with Gasteiger partial charge in [-0.05, 0) is 48.4 Å². The molecule has 1 fully saturated rings. The maximum atomic E-state index is 12.9. The minimum Gasteiger partial charge on any atom is -0.497 e. The number of hydrogen-bond donors (Lipinski definition) is 2. The van der Waals surface area contributed by atoms with Crippen molar-refractivity contribution in [2.45, 2.75) is 17.5 Å². The Bertz CT molecular complexity index is 1040. The number of hydrogen-bond acceptors (Lipinski definition) is 6. The van der Waals surface area contributed by atoms with E-state index in [0.29, 0.717) is 11.4 Å². The lowest BCUT2D eigenvalue weighted by atomic mass is 10.1. The molecule has 1 aliphatic rings. The van der Waals surface area contributed by atoms with Gasteiger partial charge >= 0.3 is 11.8 Å². The van der Waals surface area contributed by atoms with Crippen molar-refractivity contribution in [3.8, 4) is 5.75 Å². The number of nitrogens with one attached hydrogen (secondary N) is 2. The molecule has 0 spiro atoms. The van der Waals surface area contributed by atoms with Crippen molar-refractivity contribution < 1.29 is 27.5 Å². The number of benzene rings is 2. The van der Waals surface area contributed by atoms with Gasteiger partial charge in [0.1, 0.15) is 12.0 Å². The van der Waals surface area contributed by atoms with Crippen LogP contribution in [0.5, 0.6) is 5.75 Å². The number of rotatable bonds is 8. The Morgan fingerprint density at radius 3 is 2.41 bits per heavy atom. The van der Waals surface area contributed by atoms with Gasteiger partial charge in [0.2, 0.25) is 10.0 Å². The monoisotopic (exact) mass is 481 g/mol. The van der Waals surface area contributed by atoms with Crippen LogP contribution in [0.25, 0.3) is 0 Å². The SMILES string of the molecule is COc1ccc(CCNC(=O)C(=O)NC[C@H]2OCCN2S(=O)(=O)c2ccc(Cl)cc2)cc1. The summed E-state index contributed by atoms with van der Waals surface area (Å²) in [6, 6.07) is 13.2. The first kappa shape index (κ1) is 24.0. The first-order valence-corrected chi connectivity index (χ1v) is 11.7. The van der Waals surface area contributed by atoms with E-state index in [-0.39, 0.29) is 31.1 Å². The van der Waals surface area contributed by atoms with E-state index >= 15 is 0 Å². The third-order valence-corrected chi connectivity index (χ3v) is 7.02. The van der Waals surface area contributed by atoms with Gasteiger partial charge in [-0.25, -0.2) is 8.42 Å². The summed E-state index contributed by atoms with van der Waals surface area (Å²) in [7, 11) is -2.25. The lowest BCUT2D eigenvalue weighted by molar-refractivity contribution is -0.139. The fraction of sp³-hybridized carbons (Fsp3) is 0.333. The second-order valence-corrected chi connectivity index (χ2v) is 9.29. The zero-order chi connectivity index (χ0) is 23.1. The maximum absolute atomic E-state index is 12.9. The minimum atomic E-state index is -3.83. The highest BCUT2D eigenvalue weighted by molar-refractivity contribution is 7.89. The molecule has 172 valence electrons. The van der Waals surface area contributed by atoms with Crippen LogP contribution in [0.3, 0.4) is 0 Å². The molecule has 2 amide bonds. The number of sulfonamides is 1. The molecule has 0 saturated carbocycles. The second kappa shape index (κ2) is 10.8. The molecular formula is C21H24ClN3O6S. The molecule has 1 atom stereocenters. The van der Waals surface area contributed by atoms with Crippen molar-refractivity contribution in [3.05, 3.63) is 59.1 Å². The molecule has 32 heavy (non-hydrogen) atoms. The van der Waals surface area contributed by atoms with Crippen LogP contribution in [0.15, 0.2) is 53.4 Å². The predicted octanol–water partition coefficient (Wildman–Crippen LogP) is 1.17. The summed E-state index contributed by atoms with van der Waals surface area (Å²) in [5, 5.41) is 5.39. The van der Waals surface area contributed by atoms with Crippen LogP contribution in [0.4, 0.5) is 0 Å². The number of methoxy groups -OCH3 is 1. The summed E-state index contributed by atoms with van der Waals surface area (Å²) in [6.45, 7) is 0.439. The van der Waals surface area contributed by atoms with Gasteiger partial charge in [0.25, 0.3) is 0 Å². The van der Waals surface area contributed by atoms with Crippen molar-refractivity contribution in [1.29, 1.82) is 0 Å². The maximum Gasteiger partial charge on any atom is 0.309 e. The molecule has 1 aliphatic heterocycles. The van der Waals surface area contributed by atoms with Crippen LogP contribution in [0, 0.1) is 0 Å². The highest BCUT2D eigenvalue weighted by atomic mass is 35.5. The van der Waals surface area contributed by atoms with E-state index in [1.54, 1.807) is 7.11 Å². The standard InChI is InChI=1S/C21H24ClN3O6S/c1-30-17-6-2-15(3-7-17)10-11-23-20(26)21(27)24-14-19-25(12-13-31-19)32(28,29)18-8-4-16(22)5-9-18/h2-9,19H,10-14H2,1H3,(H,23,26)(H,24,27)/t19-/m1/s1. The van der Waals surface area contributed by atoms with E-state index in [2.05, 4.69) is 10.6 Å². The van der Waals surface area contributed by atoms with Crippen molar-refractivity contribution in [2.75, 3.05) is 33.4 Å². The van der Waals surface area contributed by atoms with Crippen molar-refractivity contribution in [1.82, 2.24) is 14.9 Å². The summed E-state index contributed by atoms with van der Waals surface area (Å²) in [5.41, 5.74) is 0.980. The van der Waals surface area contributed by atoms with E-state index in [9.17, 15) is 18.0 Å². The first-order valence-electron chi connectivity index (χ1n) is 9.89. The number of carbonyl (C=O) groups is 2. The van der Waals surface area contributed by atoms with E-state index in [0.717, 1.165) is 15.6 Å². The number of ether oxygens (including phenoxy) is 2. The molecule has 0 aliphatic carbocycles. The lowest BCUT2D eigenvalue weighted by Crippen LogP contribution is -2.47. The van der Waals surface area contributed by atoms with Crippen molar-refractivity contribution in [3.63, 3.8) is 0 Å². The molecular weight excluding hydrogens is 458 g/mol. The smallest absolute Gasteiger partial charge is 0.309 e. The molecule has 0 bridgehead atoms. The minimum absolute atomic E-state index is 0.0694. The molecule has 0 radical (unpaired) electrons. The van der Waals surface area contributed by atoms with Gasteiger partial charge in [-0.1, -0.05) is 23.7 Å². The molecule has 0 aromatic heterocycles. The molecule has 1 saturated heterocycles. The Labute approximate surface area is 191 Å². The van der Waals surface area contributed by atoms with Crippen LogP contribution >= 0.6 is 11.6 Å². The number of halogens is 1. The van der Waals surface area contributed by atoms with Crippen LogP contribution < -0.4 is 15.4 Å². The summed E-state index contributed by atoms with van der Waals surface area (Å²) in [4.78, 5) is 24.2. The van der Waals surface area contributed by atoms with E-state index in [1.165, 1.54) is 24.3 Å². The Morgan fingerprint density at radius 2 is 1.75 bits per heavy atom. The van der Waals surface area contributed by atoms with Gasteiger partial charge in [0.15, 0.2) is 0 Å². The summed E-state index contributed by atoms with van der Waals surface area (Å²) >= 11 is 5.82. The van der Waals surface area contributed by atoms with Crippen LogP contribution in [0.1, 0.15) is 5.56 Å². The summed E-state index contributed by atoms with van der Waals surface area (Å²) in [5.74, 6) is -0.930. The molecule has 3 rings (SSSR count). The van der Waals surface area contributed by atoms with Crippen molar-refractivity contribution >= 4 is 33.4 Å². The number of nitrogens with zero attached hydrogens (tertiary/aromatic N) is 1. The average molecular weight is 482 g/mol. The molecule has 2 aromatic carbocycles. The lowest BCUT2D eigenvalue weighted by Gasteiger charge is -2.22. The Kier molecular flexibility index (Phi) is 8.08. The topological polar surface area (TPSA) is 114 Å². The van der Waals surface area contributed by atoms with Gasteiger partial charge in [-0.2, -0.15) is 4.31 Å². The van der Waals surface area contributed by atoms with Crippen LogP contribution in [0.2, 0.25) is 5.02 Å². The number of amides is 2. The van der Waals surface area contributed by atoms with Gasteiger partial charge in [0, 0.05) is 18.1 Å². The molecule has 2 aromatic rings. The third kappa shape index (κ3) is 5.98. The van der Waals surface area contributed by atoms with Crippen LogP contribution in [-0.4, -0.2) is 64.1 Å². The van der Waals surface area contributed by atoms with E-state index in [4.69, 9.17) is 21.1 Å². The Balaban J connectivity index is 1.48. The van der Waals surface area contributed by atoms with Crippen LogP contribution in [-0.2, 0) is 30.8 Å². The van der Waals surface area contributed by atoms with Gasteiger partial charge in [-0.3, -0.25) is 9.59 Å². The summed E-state index contributed by atoms with van der Waals surface area (Å²) < 4.78 is 37.4. The van der Waals surface area contributed by atoms with E-state index in [1.807, 2.05) is 24.3 Å². The summed E-state index contributed by atoms with van der Waals surface area (Å²) in [6.07, 6.45) is -0.367. The molecule has 2 N–H and O–H groups in total. The third-order valence-electron chi connectivity index (χ3n) is 4.87. The predicted molar refractivity (Wildman–Crippen MR) is 118 cm³/mol. The molecule has 1 heterocycles. The zero-order valence-corrected chi connectivity index (χ0v) is 19.0. The number of carbonyl (C=O) groups excluding carboxylic acids is 2. The largest absolute Gasteiger partial charge is 0.497 e. The molecule has 9 nitrogen and oxygen atoms in total. The fourth-order valence-corrected chi connectivity index (χ4v) is 4.77. The Hall–Kier alpha value is -2.66.